The van der Waals surface area contributed by atoms with Gasteiger partial charge in [0.05, 0.1) is 0 Å². The minimum absolute atomic E-state index is 0.0630. The Morgan fingerprint density at radius 2 is 2.00 bits per heavy atom. The van der Waals surface area contributed by atoms with Crippen LogP contribution in [0.3, 0.4) is 0 Å². The molecule has 0 radical (unpaired) electrons. The number of ketones is 1. The van der Waals surface area contributed by atoms with Crippen molar-refractivity contribution < 1.29 is 4.79 Å². The van der Waals surface area contributed by atoms with Gasteiger partial charge in [-0.1, -0.05) is 35.4 Å². The van der Waals surface area contributed by atoms with Crippen molar-refractivity contribution in [1.82, 2.24) is 4.98 Å². The van der Waals surface area contributed by atoms with Gasteiger partial charge >= 0.3 is 0 Å². The second-order valence-corrected chi connectivity index (χ2v) is 4.78. The number of nitrogens with zero attached hydrogens (tertiary/aromatic N) is 1. The molecule has 0 bridgehead atoms. The maximum Gasteiger partial charge on any atom is 0.167 e. The molecule has 0 saturated carbocycles. The van der Waals surface area contributed by atoms with Crippen molar-refractivity contribution in [3.8, 4) is 0 Å². The summed E-state index contributed by atoms with van der Waals surface area (Å²) in [5.74, 6) is 0.0630. The molecule has 0 amide bonds. The van der Waals surface area contributed by atoms with Crippen LogP contribution >= 0.6 is 11.6 Å². The molecule has 0 fully saturated rings. The minimum atomic E-state index is 0.0630. The standard InChI is InChI=1S/C15H14ClNO/c1-10-3-4-11(2)13(7-10)8-14(18)12-5-6-17-15(16)9-12/h3-7,9H,8H2,1-2H3. The Bertz CT molecular complexity index is 593. The number of benzene rings is 1. The predicted molar refractivity (Wildman–Crippen MR) is 73.2 cm³/mol. The molecule has 0 spiro atoms. The first-order valence-corrected chi connectivity index (χ1v) is 6.15. The van der Waals surface area contributed by atoms with Crippen LogP contribution in [-0.4, -0.2) is 10.8 Å². The van der Waals surface area contributed by atoms with Crippen LogP contribution in [-0.2, 0) is 6.42 Å². The molecule has 0 aliphatic heterocycles. The van der Waals surface area contributed by atoms with Crippen molar-refractivity contribution in [2.45, 2.75) is 20.3 Å². The van der Waals surface area contributed by atoms with Gasteiger partial charge < -0.3 is 0 Å². The predicted octanol–water partition coefficient (Wildman–Crippen LogP) is 3.78. The fourth-order valence-electron chi connectivity index (χ4n) is 1.84. The highest BCUT2D eigenvalue weighted by Crippen LogP contribution is 2.15. The largest absolute Gasteiger partial charge is 0.294 e. The monoisotopic (exact) mass is 259 g/mol. The van der Waals surface area contributed by atoms with E-state index in [-0.39, 0.29) is 5.78 Å². The normalized spacial score (nSPS) is 10.4. The molecule has 1 heterocycles. The van der Waals surface area contributed by atoms with Crippen LogP contribution < -0.4 is 0 Å². The van der Waals surface area contributed by atoms with Crippen LogP contribution in [0.25, 0.3) is 0 Å². The van der Waals surface area contributed by atoms with E-state index in [0.29, 0.717) is 17.1 Å². The summed E-state index contributed by atoms with van der Waals surface area (Å²) in [7, 11) is 0. The average Bonchev–Trinajstić information content (AvgIpc) is 2.34. The zero-order valence-corrected chi connectivity index (χ0v) is 11.2. The Morgan fingerprint density at radius 3 is 2.72 bits per heavy atom. The van der Waals surface area contributed by atoms with Gasteiger partial charge in [-0.15, -0.1) is 0 Å². The molecule has 2 rings (SSSR count). The van der Waals surface area contributed by atoms with E-state index in [2.05, 4.69) is 11.1 Å². The van der Waals surface area contributed by atoms with Crippen LogP contribution in [0.2, 0.25) is 5.15 Å². The molecule has 2 nitrogen and oxygen atoms in total. The number of carbonyl (C=O) groups is 1. The lowest BCUT2D eigenvalue weighted by atomic mass is 9.98. The van der Waals surface area contributed by atoms with Gasteiger partial charge in [0.2, 0.25) is 0 Å². The van der Waals surface area contributed by atoms with Gasteiger partial charge in [-0.2, -0.15) is 0 Å². The topological polar surface area (TPSA) is 30.0 Å². The summed E-state index contributed by atoms with van der Waals surface area (Å²) in [6, 6.07) is 9.44. The van der Waals surface area contributed by atoms with Gasteiger partial charge in [0, 0.05) is 18.2 Å². The first-order valence-electron chi connectivity index (χ1n) is 5.77. The number of hydrogen-bond acceptors (Lipinski definition) is 2. The van der Waals surface area contributed by atoms with Gasteiger partial charge in [0.1, 0.15) is 5.15 Å². The Morgan fingerprint density at radius 1 is 1.22 bits per heavy atom. The molecule has 1 aromatic heterocycles. The number of pyridine rings is 1. The summed E-state index contributed by atoms with van der Waals surface area (Å²) < 4.78 is 0. The lowest BCUT2D eigenvalue weighted by molar-refractivity contribution is 0.0992. The molecule has 0 saturated heterocycles. The van der Waals surface area contributed by atoms with Crippen LogP contribution in [0.1, 0.15) is 27.0 Å². The molecule has 2 aromatic rings. The summed E-state index contributed by atoms with van der Waals surface area (Å²) in [5.41, 5.74) is 3.97. The SMILES string of the molecule is Cc1ccc(C)c(CC(=O)c2ccnc(Cl)c2)c1. The van der Waals surface area contributed by atoms with Crippen molar-refractivity contribution in [2.24, 2.45) is 0 Å². The molecule has 0 aliphatic rings. The second kappa shape index (κ2) is 5.32. The molecule has 0 atom stereocenters. The average molecular weight is 260 g/mol. The highest BCUT2D eigenvalue weighted by atomic mass is 35.5. The van der Waals surface area contributed by atoms with Gasteiger partial charge in [-0.3, -0.25) is 4.79 Å². The summed E-state index contributed by atoms with van der Waals surface area (Å²) in [6.45, 7) is 4.04. The second-order valence-electron chi connectivity index (χ2n) is 4.40. The molecule has 3 heteroatoms. The first-order chi connectivity index (χ1) is 8.56. The summed E-state index contributed by atoms with van der Waals surface area (Å²) in [5, 5.41) is 0.349. The zero-order valence-electron chi connectivity index (χ0n) is 10.4. The third-order valence-electron chi connectivity index (χ3n) is 2.90. The van der Waals surface area contributed by atoms with E-state index < -0.39 is 0 Å². The molecule has 1 aromatic carbocycles. The zero-order chi connectivity index (χ0) is 13.1. The fraction of sp³-hybridized carbons (Fsp3) is 0.200. The number of hydrogen-bond donors (Lipinski definition) is 0. The van der Waals surface area contributed by atoms with Crippen LogP contribution in [0.15, 0.2) is 36.5 Å². The third-order valence-corrected chi connectivity index (χ3v) is 3.11. The van der Waals surface area contributed by atoms with E-state index in [1.165, 1.54) is 0 Å². The summed E-state index contributed by atoms with van der Waals surface area (Å²) >= 11 is 5.79. The number of Topliss-reactive ketones (excluding diaryl/α,β-unsaturated/α-hetero) is 1. The van der Waals surface area contributed by atoms with E-state index in [1.54, 1.807) is 18.3 Å². The Labute approximate surface area is 112 Å². The van der Waals surface area contributed by atoms with Gasteiger partial charge in [0.15, 0.2) is 5.78 Å². The molecule has 92 valence electrons. The van der Waals surface area contributed by atoms with E-state index in [9.17, 15) is 4.79 Å². The molecular formula is C15H14ClNO. The summed E-state index contributed by atoms with van der Waals surface area (Å²) in [4.78, 5) is 16.0. The van der Waals surface area contributed by atoms with Crippen molar-refractivity contribution in [2.75, 3.05) is 0 Å². The summed E-state index contributed by atoms with van der Waals surface area (Å²) in [6.07, 6.45) is 1.95. The van der Waals surface area contributed by atoms with Crippen molar-refractivity contribution in [1.29, 1.82) is 0 Å². The fourth-order valence-corrected chi connectivity index (χ4v) is 2.02. The molecule has 0 N–H and O–H groups in total. The van der Waals surface area contributed by atoms with Crippen LogP contribution in [0.5, 0.6) is 0 Å². The molecule has 0 unspecified atom stereocenters. The lowest BCUT2D eigenvalue weighted by Gasteiger charge is -2.06. The van der Waals surface area contributed by atoms with Crippen molar-refractivity contribution in [3.63, 3.8) is 0 Å². The van der Waals surface area contributed by atoms with E-state index >= 15 is 0 Å². The maximum absolute atomic E-state index is 12.1. The number of aromatic nitrogens is 1. The third kappa shape index (κ3) is 2.96. The first kappa shape index (κ1) is 12.8. The lowest BCUT2D eigenvalue weighted by Crippen LogP contribution is -2.05. The van der Waals surface area contributed by atoms with Gasteiger partial charge in [-0.05, 0) is 37.1 Å². The van der Waals surface area contributed by atoms with E-state index in [4.69, 9.17) is 11.6 Å². The highest BCUT2D eigenvalue weighted by molar-refractivity contribution is 6.29. The maximum atomic E-state index is 12.1. The van der Waals surface area contributed by atoms with Gasteiger partial charge in [-0.25, -0.2) is 4.98 Å². The molecular weight excluding hydrogens is 246 g/mol. The van der Waals surface area contributed by atoms with E-state index in [1.807, 2.05) is 26.0 Å². The van der Waals surface area contributed by atoms with Crippen molar-refractivity contribution in [3.05, 3.63) is 63.9 Å². The number of aryl methyl sites for hydroxylation is 2. The Hall–Kier alpha value is -1.67. The minimum Gasteiger partial charge on any atom is -0.294 e. The Kier molecular flexibility index (Phi) is 3.78. The molecule has 18 heavy (non-hydrogen) atoms. The van der Waals surface area contributed by atoms with Crippen LogP contribution in [0, 0.1) is 13.8 Å². The molecule has 0 aliphatic carbocycles. The van der Waals surface area contributed by atoms with E-state index in [0.717, 1.165) is 16.7 Å². The number of halogens is 1. The van der Waals surface area contributed by atoms with Crippen molar-refractivity contribution >= 4 is 17.4 Å². The quantitative estimate of drug-likeness (QED) is 0.620. The van der Waals surface area contributed by atoms with Crippen LogP contribution in [0.4, 0.5) is 0 Å². The number of carbonyl (C=O) groups excluding carboxylic acids is 1. The number of rotatable bonds is 3. The highest BCUT2D eigenvalue weighted by Gasteiger charge is 2.09. The smallest absolute Gasteiger partial charge is 0.167 e. The van der Waals surface area contributed by atoms with Gasteiger partial charge in [0.25, 0.3) is 0 Å². The Balaban J connectivity index is 2.24.